The number of likely N-dealkylation sites (N-methyl/N-ethyl adjacent to an activating group) is 1. The number of ether oxygens (including phenoxy) is 1. The van der Waals surface area contributed by atoms with Gasteiger partial charge in [-0.1, -0.05) is 19.8 Å². The topological polar surface area (TPSA) is 49.8 Å². The molecule has 2 fully saturated rings. The maximum Gasteiger partial charge on any atom is 0.317 e. The van der Waals surface area contributed by atoms with E-state index in [1.807, 2.05) is 6.92 Å². The summed E-state index contributed by atoms with van der Waals surface area (Å²) >= 11 is 0. The van der Waals surface area contributed by atoms with Crippen molar-refractivity contribution in [2.45, 2.75) is 57.1 Å². The predicted molar refractivity (Wildman–Crippen MR) is 65.1 cm³/mol. The summed E-state index contributed by atoms with van der Waals surface area (Å²) < 4.78 is 5.98. The van der Waals surface area contributed by atoms with Crippen LogP contribution in [0.3, 0.4) is 0 Å². The van der Waals surface area contributed by atoms with Gasteiger partial charge in [0.15, 0.2) is 0 Å². The van der Waals surface area contributed by atoms with Gasteiger partial charge in [0.2, 0.25) is 0 Å². The third-order valence-electron chi connectivity index (χ3n) is 4.24. The largest absolute Gasteiger partial charge is 0.480 e. The lowest BCUT2D eigenvalue weighted by molar-refractivity contribution is -0.142. The number of aliphatic carboxylic acids is 1. The fourth-order valence-electron chi connectivity index (χ4n) is 3.35. The van der Waals surface area contributed by atoms with Crippen molar-refractivity contribution in [3.05, 3.63) is 0 Å². The first-order valence-electron chi connectivity index (χ1n) is 6.75. The normalized spacial score (nSPS) is 27.8. The minimum Gasteiger partial charge on any atom is -0.480 e. The Labute approximate surface area is 103 Å². The van der Waals surface area contributed by atoms with Gasteiger partial charge in [0, 0.05) is 12.6 Å². The summed E-state index contributed by atoms with van der Waals surface area (Å²) in [5.41, 5.74) is 0.0782. The minimum atomic E-state index is -0.723. The SMILES string of the molecule is CCN(CC(=O)O)C1CCOC2(CCCC2)C1. The molecule has 0 aromatic carbocycles. The lowest BCUT2D eigenvalue weighted by atomic mass is 9.88. The van der Waals surface area contributed by atoms with Crippen LogP contribution in [0, 0.1) is 0 Å². The maximum atomic E-state index is 10.9. The standard InChI is InChI=1S/C13H23NO3/c1-2-14(10-12(15)16)11-5-8-17-13(9-11)6-3-4-7-13/h11H,2-10H2,1H3,(H,15,16). The van der Waals surface area contributed by atoms with Crippen molar-refractivity contribution in [1.82, 2.24) is 4.90 Å². The van der Waals surface area contributed by atoms with E-state index in [2.05, 4.69) is 4.90 Å². The molecule has 0 aromatic rings. The van der Waals surface area contributed by atoms with Crippen molar-refractivity contribution in [2.24, 2.45) is 0 Å². The molecule has 0 radical (unpaired) electrons. The quantitative estimate of drug-likeness (QED) is 0.816. The molecule has 2 rings (SSSR count). The second-order valence-electron chi connectivity index (χ2n) is 5.34. The van der Waals surface area contributed by atoms with Crippen molar-refractivity contribution in [1.29, 1.82) is 0 Å². The van der Waals surface area contributed by atoms with E-state index >= 15 is 0 Å². The summed E-state index contributed by atoms with van der Waals surface area (Å²) in [7, 11) is 0. The average molecular weight is 241 g/mol. The first kappa shape index (κ1) is 12.8. The molecule has 1 unspecified atom stereocenters. The minimum absolute atomic E-state index is 0.0782. The highest BCUT2D eigenvalue weighted by atomic mass is 16.5. The molecule has 17 heavy (non-hydrogen) atoms. The van der Waals surface area contributed by atoms with Gasteiger partial charge in [-0.25, -0.2) is 0 Å². The van der Waals surface area contributed by atoms with Gasteiger partial charge in [-0.3, -0.25) is 9.69 Å². The molecule has 4 nitrogen and oxygen atoms in total. The summed E-state index contributed by atoms with van der Waals surface area (Å²) in [6.07, 6.45) is 6.84. The zero-order valence-electron chi connectivity index (χ0n) is 10.7. The van der Waals surface area contributed by atoms with Crippen molar-refractivity contribution in [2.75, 3.05) is 19.7 Å². The molecule has 0 bridgehead atoms. The maximum absolute atomic E-state index is 10.9. The van der Waals surface area contributed by atoms with Crippen LogP contribution >= 0.6 is 0 Å². The van der Waals surface area contributed by atoms with E-state index < -0.39 is 5.97 Å². The van der Waals surface area contributed by atoms with Crippen LogP contribution in [0.4, 0.5) is 0 Å². The van der Waals surface area contributed by atoms with E-state index in [0.29, 0.717) is 6.04 Å². The van der Waals surface area contributed by atoms with Crippen LogP contribution in [0.25, 0.3) is 0 Å². The fraction of sp³-hybridized carbons (Fsp3) is 0.923. The van der Waals surface area contributed by atoms with E-state index in [0.717, 1.165) is 38.8 Å². The number of hydrogen-bond donors (Lipinski definition) is 1. The van der Waals surface area contributed by atoms with Gasteiger partial charge in [-0.05, 0) is 32.2 Å². The van der Waals surface area contributed by atoms with Crippen molar-refractivity contribution >= 4 is 5.97 Å². The molecule has 2 aliphatic rings. The molecule has 0 aromatic heterocycles. The van der Waals surface area contributed by atoms with E-state index in [4.69, 9.17) is 9.84 Å². The van der Waals surface area contributed by atoms with Crippen molar-refractivity contribution in [3.8, 4) is 0 Å². The average Bonchev–Trinajstić information content (AvgIpc) is 2.74. The van der Waals surface area contributed by atoms with Gasteiger partial charge in [-0.2, -0.15) is 0 Å². The van der Waals surface area contributed by atoms with E-state index in [9.17, 15) is 4.79 Å². The Bertz CT molecular complexity index is 274. The Morgan fingerprint density at radius 2 is 2.18 bits per heavy atom. The molecule has 4 heteroatoms. The first-order valence-corrected chi connectivity index (χ1v) is 6.75. The van der Waals surface area contributed by atoms with Crippen LogP contribution in [0.1, 0.15) is 45.4 Å². The highest BCUT2D eigenvalue weighted by Crippen LogP contribution is 2.41. The summed E-state index contributed by atoms with van der Waals surface area (Å²) in [4.78, 5) is 12.9. The molecule has 1 aliphatic carbocycles. The number of rotatable bonds is 4. The fourth-order valence-corrected chi connectivity index (χ4v) is 3.35. The van der Waals surface area contributed by atoms with E-state index in [1.54, 1.807) is 0 Å². The van der Waals surface area contributed by atoms with Crippen LogP contribution in [0.2, 0.25) is 0 Å². The Hall–Kier alpha value is -0.610. The smallest absolute Gasteiger partial charge is 0.317 e. The van der Waals surface area contributed by atoms with Gasteiger partial charge in [0.05, 0.1) is 12.1 Å². The van der Waals surface area contributed by atoms with Crippen LogP contribution in [-0.4, -0.2) is 47.3 Å². The number of nitrogens with zero attached hydrogens (tertiary/aromatic N) is 1. The van der Waals surface area contributed by atoms with Gasteiger partial charge < -0.3 is 9.84 Å². The molecule has 1 heterocycles. The molecule has 1 saturated carbocycles. The Morgan fingerprint density at radius 1 is 1.47 bits per heavy atom. The van der Waals surface area contributed by atoms with Gasteiger partial charge in [-0.15, -0.1) is 0 Å². The van der Waals surface area contributed by atoms with Gasteiger partial charge in [0.1, 0.15) is 0 Å². The Kier molecular flexibility index (Phi) is 4.05. The highest BCUT2D eigenvalue weighted by Gasteiger charge is 2.41. The van der Waals surface area contributed by atoms with Gasteiger partial charge >= 0.3 is 5.97 Å². The lowest BCUT2D eigenvalue weighted by Gasteiger charge is -2.42. The number of hydrogen-bond acceptors (Lipinski definition) is 3. The van der Waals surface area contributed by atoms with Crippen LogP contribution in [0.15, 0.2) is 0 Å². The molecule has 0 amide bonds. The number of carboxylic acid groups (broad SMARTS) is 1. The number of carboxylic acids is 1. The third kappa shape index (κ3) is 2.99. The lowest BCUT2D eigenvalue weighted by Crippen LogP contribution is -2.48. The second-order valence-corrected chi connectivity index (χ2v) is 5.34. The van der Waals surface area contributed by atoms with Crippen molar-refractivity contribution < 1.29 is 14.6 Å². The molecular formula is C13H23NO3. The molecule has 98 valence electrons. The zero-order chi connectivity index (χ0) is 12.3. The van der Waals surface area contributed by atoms with Crippen LogP contribution in [0.5, 0.6) is 0 Å². The predicted octanol–water partition coefficient (Wildman–Crippen LogP) is 1.88. The van der Waals surface area contributed by atoms with Crippen LogP contribution in [-0.2, 0) is 9.53 Å². The van der Waals surface area contributed by atoms with E-state index in [1.165, 1.54) is 12.8 Å². The van der Waals surface area contributed by atoms with E-state index in [-0.39, 0.29) is 12.1 Å². The zero-order valence-corrected chi connectivity index (χ0v) is 10.7. The van der Waals surface area contributed by atoms with Crippen molar-refractivity contribution in [3.63, 3.8) is 0 Å². The summed E-state index contributed by atoms with van der Waals surface area (Å²) in [6, 6.07) is 0.392. The summed E-state index contributed by atoms with van der Waals surface area (Å²) in [5, 5.41) is 8.93. The molecular weight excluding hydrogens is 218 g/mol. The molecule has 1 N–H and O–H groups in total. The molecule has 1 aliphatic heterocycles. The molecule has 1 atom stereocenters. The second kappa shape index (κ2) is 5.36. The summed E-state index contributed by atoms with van der Waals surface area (Å²) in [5.74, 6) is -0.723. The molecule has 1 saturated heterocycles. The third-order valence-corrected chi connectivity index (χ3v) is 4.24. The summed E-state index contributed by atoms with van der Waals surface area (Å²) in [6.45, 7) is 3.81. The van der Waals surface area contributed by atoms with Crippen LogP contribution < -0.4 is 0 Å². The Morgan fingerprint density at radius 3 is 2.76 bits per heavy atom. The monoisotopic (exact) mass is 241 g/mol. The first-order chi connectivity index (χ1) is 8.15. The Balaban J connectivity index is 1.97. The highest BCUT2D eigenvalue weighted by molar-refractivity contribution is 5.69. The molecule has 1 spiro atoms. The number of carbonyl (C=O) groups is 1. The van der Waals surface area contributed by atoms with Gasteiger partial charge in [0.25, 0.3) is 0 Å².